The van der Waals surface area contributed by atoms with E-state index in [-0.39, 0.29) is 0 Å². The largest absolute Gasteiger partial charge is 0.481 e. The Morgan fingerprint density at radius 1 is 1.14 bits per heavy atom. The number of methoxy groups -OCH3 is 1. The molecule has 1 aliphatic rings. The van der Waals surface area contributed by atoms with Crippen LogP contribution in [0.5, 0.6) is 5.88 Å². The second-order valence-electron chi connectivity index (χ2n) is 6.21. The first-order valence-corrected chi connectivity index (χ1v) is 7.77. The summed E-state index contributed by atoms with van der Waals surface area (Å²) in [5, 5.41) is 0. The van der Waals surface area contributed by atoms with Gasteiger partial charge < -0.3 is 4.74 Å². The zero-order valence-corrected chi connectivity index (χ0v) is 13.4. The molecule has 1 aromatic carbocycles. The number of ether oxygens (including phenoxy) is 1. The lowest BCUT2D eigenvalue weighted by atomic mass is 9.85. The van der Waals surface area contributed by atoms with Gasteiger partial charge in [0.25, 0.3) is 0 Å². The van der Waals surface area contributed by atoms with Gasteiger partial charge >= 0.3 is 0 Å². The van der Waals surface area contributed by atoms with Crippen LogP contribution in [0.25, 0.3) is 11.1 Å². The standard InChI is InChI=1S/C19H23NO/c1-12(2)19-16-7-5-6-15(16)13(3)10-17(19)14-8-9-20-18(11-14)21-4/h8-12H,5-7H2,1-4H3. The summed E-state index contributed by atoms with van der Waals surface area (Å²) in [4.78, 5) is 4.23. The van der Waals surface area contributed by atoms with Gasteiger partial charge in [0, 0.05) is 12.3 Å². The van der Waals surface area contributed by atoms with Crippen LogP contribution in [0.15, 0.2) is 24.4 Å². The Kier molecular flexibility index (Phi) is 3.71. The number of aromatic nitrogens is 1. The number of hydrogen-bond acceptors (Lipinski definition) is 2. The van der Waals surface area contributed by atoms with Crippen molar-refractivity contribution in [2.75, 3.05) is 7.11 Å². The average Bonchev–Trinajstić information content (AvgIpc) is 2.96. The van der Waals surface area contributed by atoms with E-state index in [4.69, 9.17) is 4.74 Å². The topological polar surface area (TPSA) is 22.1 Å². The predicted octanol–water partition coefficient (Wildman–Crippen LogP) is 4.68. The molecule has 0 saturated heterocycles. The molecule has 0 unspecified atom stereocenters. The van der Waals surface area contributed by atoms with Gasteiger partial charge in [0.05, 0.1) is 7.11 Å². The first kappa shape index (κ1) is 14.1. The smallest absolute Gasteiger partial charge is 0.213 e. The fraction of sp³-hybridized carbons (Fsp3) is 0.421. The average molecular weight is 281 g/mol. The highest BCUT2D eigenvalue weighted by molar-refractivity contribution is 5.72. The summed E-state index contributed by atoms with van der Waals surface area (Å²) in [7, 11) is 1.67. The minimum Gasteiger partial charge on any atom is -0.481 e. The summed E-state index contributed by atoms with van der Waals surface area (Å²) in [5.74, 6) is 1.21. The summed E-state index contributed by atoms with van der Waals surface area (Å²) in [6.07, 6.45) is 5.58. The van der Waals surface area contributed by atoms with Gasteiger partial charge in [-0.2, -0.15) is 0 Å². The molecule has 110 valence electrons. The molecule has 1 aromatic heterocycles. The van der Waals surface area contributed by atoms with Gasteiger partial charge in [0.2, 0.25) is 5.88 Å². The van der Waals surface area contributed by atoms with Gasteiger partial charge in [-0.25, -0.2) is 4.98 Å². The highest BCUT2D eigenvalue weighted by Gasteiger charge is 2.22. The molecule has 2 nitrogen and oxygen atoms in total. The number of rotatable bonds is 3. The Morgan fingerprint density at radius 2 is 1.90 bits per heavy atom. The maximum atomic E-state index is 5.29. The summed E-state index contributed by atoms with van der Waals surface area (Å²) < 4.78 is 5.29. The van der Waals surface area contributed by atoms with E-state index in [2.05, 4.69) is 37.9 Å². The second kappa shape index (κ2) is 5.51. The highest BCUT2D eigenvalue weighted by Crippen LogP contribution is 2.39. The van der Waals surface area contributed by atoms with Gasteiger partial charge in [0.1, 0.15) is 0 Å². The van der Waals surface area contributed by atoms with Crippen LogP contribution in [0.4, 0.5) is 0 Å². The quantitative estimate of drug-likeness (QED) is 0.815. The monoisotopic (exact) mass is 281 g/mol. The van der Waals surface area contributed by atoms with Crippen molar-refractivity contribution in [3.05, 3.63) is 46.6 Å². The molecule has 0 aliphatic heterocycles. The van der Waals surface area contributed by atoms with Crippen LogP contribution in [-0.2, 0) is 12.8 Å². The van der Waals surface area contributed by atoms with Crippen LogP contribution < -0.4 is 4.74 Å². The van der Waals surface area contributed by atoms with Crippen molar-refractivity contribution in [3.63, 3.8) is 0 Å². The van der Waals surface area contributed by atoms with Crippen molar-refractivity contribution >= 4 is 0 Å². The van der Waals surface area contributed by atoms with Gasteiger partial charge in [-0.15, -0.1) is 0 Å². The lowest BCUT2D eigenvalue weighted by Crippen LogP contribution is -2.02. The number of aryl methyl sites for hydroxylation is 1. The summed E-state index contributed by atoms with van der Waals surface area (Å²) in [5.41, 5.74) is 8.69. The zero-order valence-electron chi connectivity index (χ0n) is 13.4. The molecule has 0 spiro atoms. The third kappa shape index (κ3) is 2.44. The first-order chi connectivity index (χ1) is 10.1. The molecule has 1 aliphatic carbocycles. The minimum atomic E-state index is 0.534. The van der Waals surface area contributed by atoms with Gasteiger partial charge in [-0.05, 0) is 71.6 Å². The Labute approximate surface area is 127 Å². The van der Waals surface area contributed by atoms with E-state index in [1.165, 1.54) is 41.5 Å². The van der Waals surface area contributed by atoms with Crippen LogP contribution in [0.1, 0.15) is 48.4 Å². The van der Waals surface area contributed by atoms with Crippen molar-refractivity contribution in [1.29, 1.82) is 0 Å². The Hall–Kier alpha value is -1.83. The number of hydrogen-bond donors (Lipinski definition) is 0. The molecular formula is C19H23NO. The van der Waals surface area contributed by atoms with Crippen LogP contribution >= 0.6 is 0 Å². The third-order valence-corrected chi connectivity index (χ3v) is 4.50. The van der Waals surface area contributed by atoms with E-state index in [9.17, 15) is 0 Å². The van der Waals surface area contributed by atoms with Crippen LogP contribution in [-0.4, -0.2) is 12.1 Å². The SMILES string of the molecule is COc1cc(-c2cc(C)c3c(c2C(C)C)CCC3)ccn1. The highest BCUT2D eigenvalue weighted by atomic mass is 16.5. The Bertz CT molecular complexity index is 674. The molecule has 3 rings (SSSR count). The molecule has 0 saturated carbocycles. The van der Waals surface area contributed by atoms with Crippen LogP contribution in [0.3, 0.4) is 0 Å². The maximum absolute atomic E-state index is 5.29. The number of nitrogens with zero attached hydrogens (tertiary/aromatic N) is 1. The zero-order chi connectivity index (χ0) is 15.0. The molecule has 0 radical (unpaired) electrons. The summed E-state index contributed by atoms with van der Waals surface area (Å²) >= 11 is 0. The van der Waals surface area contributed by atoms with Crippen LogP contribution in [0, 0.1) is 6.92 Å². The fourth-order valence-corrected chi connectivity index (χ4v) is 3.61. The fourth-order valence-electron chi connectivity index (χ4n) is 3.61. The number of pyridine rings is 1. The van der Waals surface area contributed by atoms with E-state index in [0.717, 1.165) is 0 Å². The van der Waals surface area contributed by atoms with Crippen LogP contribution in [0.2, 0.25) is 0 Å². The van der Waals surface area contributed by atoms with Gasteiger partial charge in [-0.1, -0.05) is 19.9 Å². The lowest BCUT2D eigenvalue weighted by molar-refractivity contribution is 0.398. The van der Waals surface area contributed by atoms with E-state index >= 15 is 0 Å². The van der Waals surface area contributed by atoms with Crippen molar-refractivity contribution in [2.24, 2.45) is 0 Å². The van der Waals surface area contributed by atoms with Crippen molar-refractivity contribution in [1.82, 2.24) is 4.98 Å². The molecular weight excluding hydrogens is 258 g/mol. The molecule has 21 heavy (non-hydrogen) atoms. The minimum absolute atomic E-state index is 0.534. The third-order valence-electron chi connectivity index (χ3n) is 4.50. The number of fused-ring (bicyclic) bond motifs is 1. The Morgan fingerprint density at radius 3 is 2.62 bits per heavy atom. The van der Waals surface area contributed by atoms with Crippen molar-refractivity contribution < 1.29 is 4.74 Å². The van der Waals surface area contributed by atoms with Crippen molar-refractivity contribution in [3.8, 4) is 17.0 Å². The second-order valence-corrected chi connectivity index (χ2v) is 6.21. The molecule has 1 heterocycles. The van der Waals surface area contributed by atoms with E-state index in [0.29, 0.717) is 11.8 Å². The first-order valence-electron chi connectivity index (χ1n) is 7.77. The van der Waals surface area contributed by atoms with Gasteiger partial charge in [-0.3, -0.25) is 0 Å². The molecule has 0 atom stereocenters. The summed E-state index contributed by atoms with van der Waals surface area (Å²) in [6, 6.07) is 6.49. The lowest BCUT2D eigenvalue weighted by Gasteiger charge is -2.20. The Balaban J connectivity index is 2.24. The normalized spacial score (nSPS) is 13.6. The van der Waals surface area contributed by atoms with E-state index in [1.54, 1.807) is 18.2 Å². The molecule has 0 bridgehead atoms. The van der Waals surface area contributed by atoms with E-state index in [1.807, 2.05) is 12.3 Å². The van der Waals surface area contributed by atoms with E-state index < -0.39 is 0 Å². The molecule has 0 fully saturated rings. The molecule has 0 amide bonds. The summed E-state index contributed by atoms with van der Waals surface area (Å²) in [6.45, 7) is 6.84. The van der Waals surface area contributed by atoms with Gasteiger partial charge in [0.15, 0.2) is 0 Å². The number of benzene rings is 1. The van der Waals surface area contributed by atoms with Crippen molar-refractivity contribution in [2.45, 2.75) is 46.0 Å². The molecule has 2 aromatic rings. The maximum Gasteiger partial charge on any atom is 0.213 e. The molecule has 0 N–H and O–H groups in total. The molecule has 2 heteroatoms. The predicted molar refractivity (Wildman–Crippen MR) is 87.1 cm³/mol.